The van der Waals surface area contributed by atoms with Gasteiger partial charge in [-0.15, -0.1) is 0 Å². The Morgan fingerprint density at radius 2 is 0.452 bits per heavy atom. The van der Waals surface area contributed by atoms with Gasteiger partial charge in [0.05, 0.1) is 22.3 Å². The van der Waals surface area contributed by atoms with E-state index in [-0.39, 0.29) is 52.8 Å². The van der Waals surface area contributed by atoms with Crippen molar-refractivity contribution in [2.45, 2.75) is 24.7 Å². The quantitative estimate of drug-likeness (QED) is 0.238. The normalized spacial score (nSPS) is 13.0. The van der Waals surface area contributed by atoms with Crippen LogP contribution >= 0.6 is 0 Å². The largest absolute Gasteiger partial charge is 1.00 e. The standard InChI is InChI=1S/C28H16BF12.Na.H/c30-25(31,32)17-1-9-21(10-2-17)29(22-11-3-18(4-12-22)26(33,34)35,23-13-5-19(6-14-23)27(36,37)38)24-15-7-20(8-16-24)28(39,40)41;;/h1-16H;;/q-1;+1;-1. The van der Waals surface area contributed by atoms with Crippen molar-refractivity contribution in [1.29, 1.82) is 0 Å². The SMILES string of the molecule is FC(F)(F)c1ccc([B-](c2ccc(C(F)(F)F)cc2)(c2ccc(C(F)(F)F)cc2)c2ccc(C(F)(F)F)cc2)cc1.[H-].[Na+]. The number of hydrogen-bond donors (Lipinski definition) is 0. The third kappa shape index (κ3) is 6.68. The Balaban J connectivity index is 0.00000323. The third-order valence-corrected chi connectivity index (χ3v) is 6.95. The van der Waals surface area contributed by atoms with E-state index in [0.717, 1.165) is 48.5 Å². The first kappa shape index (κ1) is 33.6. The van der Waals surface area contributed by atoms with Crippen molar-refractivity contribution >= 4 is 28.0 Å². The molecule has 0 nitrogen and oxygen atoms in total. The second kappa shape index (κ2) is 11.7. The molecule has 0 spiro atoms. The van der Waals surface area contributed by atoms with Gasteiger partial charge in [-0.2, -0.15) is 74.5 Å². The maximum Gasteiger partial charge on any atom is 1.00 e. The summed E-state index contributed by atoms with van der Waals surface area (Å²) in [6.07, 6.45) is -22.0. The zero-order chi connectivity index (χ0) is 30.4. The molecule has 0 fully saturated rings. The molecule has 0 aromatic heterocycles. The summed E-state index contributed by atoms with van der Waals surface area (Å²) >= 11 is 0. The summed E-state index contributed by atoms with van der Waals surface area (Å²) in [5.41, 5.74) is -4.29. The van der Waals surface area contributed by atoms with E-state index >= 15 is 0 Å². The van der Waals surface area contributed by atoms with Crippen LogP contribution in [0.25, 0.3) is 0 Å². The Kier molecular flexibility index (Phi) is 9.32. The molecule has 218 valence electrons. The molecule has 0 aliphatic carbocycles. The molecule has 0 aliphatic heterocycles. The first-order valence-corrected chi connectivity index (χ1v) is 11.7. The van der Waals surface area contributed by atoms with E-state index in [2.05, 4.69) is 0 Å². The topological polar surface area (TPSA) is 0 Å². The van der Waals surface area contributed by atoms with Crippen molar-refractivity contribution in [2.75, 3.05) is 0 Å². The van der Waals surface area contributed by atoms with Crippen LogP contribution in [0.3, 0.4) is 0 Å². The molecular formula is C28H17BF12Na-. The van der Waals surface area contributed by atoms with Gasteiger partial charge in [-0.3, -0.25) is 0 Å². The monoisotopic (exact) mass is 615 g/mol. The molecule has 0 aliphatic rings. The van der Waals surface area contributed by atoms with Gasteiger partial charge in [0.1, 0.15) is 6.15 Å². The summed E-state index contributed by atoms with van der Waals surface area (Å²) in [6, 6.07) is 13.6. The molecule has 0 atom stereocenters. The minimum Gasteiger partial charge on any atom is -1.00 e. The fourth-order valence-electron chi connectivity index (χ4n) is 5.00. The van der Waals surface area contributed by atoms with Gasteiger partial charge in [0.25, 0.3) is 0 Å². The van der Waals surface area contributed by atoms with Crippen LogP contribution in [0, 0.1) is 0 Å². The van der Waals surface area contributed by atoms with Crippen molar-refractivity contribution in [3.63, 3.8) is 0 Å². The van der Waals surface area contributed by atoms with Crippen LogP contribution in [0.4, 0.5) is 52.7 Å². The second-order valence-corrected chi connectivity index (χ2v) is 9.35. The number of halogens is 12. The second-order valence-electron chi connectivity index (χ2n) is 9.35. The molecule has 0 radical (unpaired) electrons. The Bertz CT molecular complexity index is 1250. The molecule has 0 unspecified atom stereocenters. The van der Waals surface area contributed by atoms with Crippen molar-refractivity contribution in [3.05, 3.63) is 119 Å². The average Bonchev–Trinajstić information content (AvgIpc) is 2.88. The summed E-state index contributed by atoms with van der Waals surface area (Å²) < 4.78 is 160. The maximum absolute atomic E-state index is 13.3. The fraction of sp³-hybridized carbons (Fsp3) is 0.143. The Morgan fingerprint density at radius 3 is 0.571 bits per heavy atom. The number of alkyl halides is 12. The molecule has 4 aromatic carbocycles. The summed E-state index contributed by atoms with van der Waals surface area (Å²) in [5.74, 6) is 0. The predicted octanol–water partition coefficient (Wildman–Crippen LogP) is 4.26. The minimum atomic E-state index is -4.77. The molecule has 0 bridgehead atoms. The summed E-state index contributed by atoms with van der Waals surface area (Å²) in [5, 5.41) is 0. The molecule has 42 heavy (non-hydrogen) atoms. The average molecular weight is 615 g/mol. The third-order valence-electron chi connectivity index (χ3n) is 6.95. The zero-order valence-electron chi connectivity index (χ0n) is 22.4. The molecule has 4 rings (SSSR count). The van der Waals surface area contributed by atoms with E-state index in [1.54, 1.807) is 0 Å². The molecule has 0 saturated carbocycles. The molecular weight excluding hydrogens is 598 g/mol. The van der Waals surface area contributed by atoms with E-state index in [4.69, 9.17) is 0 Å². The van der Waals surface area contributed by atoms with E-state index in [9.17, 15) is 52.7 Å². The fourth-order valence-corrected chi connectivity index (χ4v) is 5.00. The van der Waals surface area contributed by atoms with Crippen LogP contribution in [0.1, 0.15) is 23.7 Å². The molecule has 0 saturated heterocycles. The Morgan fingerprint density at radius 1 is 0.310 bits per heavy atom. The first-order chi connectivity index (χ1) is 18.8. The smallest absolute Gasteiger partial charge is 1.00 e. The summed E-state index contributed by atoms with van der Waals surface area (Å²) in [6.45, 7) is 0. The number of rotatable bonds is 4. The predicted molar refractivity (Wildman–Crippen MR) is 131 cm³/mol. The van der Waals surface area contributed by atoms with E-state index < -0.39 is 53.1 Å². The molecule has 0 heterocycles. The molecule has 14 heteroatoms. The van der Waals surface area contributed by atoms with Crippen LogP contribution in [0.15, 0.2) is 97.1 Å². The van der Waals surface area contributed by atoms with Gasteiger partial charge in [0.15, 0.2) is 0 Å². The van der Waals surface area contributed by atoms with Gasteiger partial charge >= 0.3 is 54.3 Å². The Hall–Kier alpha value is -2.90. The van der Waals surface area contributed by atoms with Gasteiger partial charge in [-0.05, 0) is 0 Å². The first-order valence-electron chi connectivity index (χ1n) is 11.7. The van der Waals surface area contributed by atoms with Crippen LogP contribution in [-0.2, 0) is 24.7 Å². The maximum atomic E-state index is 13.3. The summed E-state index contributed by atoms with van der Waals surface area (Å²) in [7, 11) is 0. The van der Waals surface area contributed by atoms with Gasteiger partial charge in [-0.1, -0.05) is 97.1 Å². The van der Waals surface area contributed by atoms with E-state index in [0.29, 0.717) is 48.5 Å². The van der Waals surface area contributed by atoms with Crippen LogP contribution < -0.4 is 51.4 Å². The van der Waals surface area contributed by atoms with Crippen LogP contribution in [-0.4, -0.2) is 6.15 Å². The van der Waals surface area contributed by atoms with Crippen molar-refractivity contribution in [2.24, 2.45) is 0 Å². The van der Waals surface area contributed by atoms with Crippen LogP contribution in [0.5, 0.6) is 0 Å². The summed E-state index contributed by atoms with van der Waals surface area (Å²) in [4.78, 5) is 0. The van der Waals surface area contributed by atoms with Gasteiger partial charge < -0.3 is 1.43 Å². The van der Waals surface area contributed by atoms with Crippen LogP contribution in [0.2, 0.25) is 0 Å². The van der Waals surface area contributed by atoms with Gasteiger partial charge in [0, 0.05) is 0 Å². The van der Waals surface area contributed by atoms with Crippen molar-refractivity contribution < 1.29 is 83.7 Å². The molecule has 0 N–H and O–H groups in total. The van der Waals surface area contributed by atoms with Crippen molar-refractivity contribution in [3.8, 4) is 0 Å². The number of benzene rings is 4. The van der Waals surface area contributed by atoms with E-state index in [1.165, 1.54) is 0 Å². The van der Waals surface area contributed by atoms with Gasteiger partial charge in [0.2, 0.25) is 0 Å². The molecule has 0 amide bonds. The van der Waals surface area contributed by atoms with Crippen molar-refractivity contribution in [1.82, 2.24) is 0 Å². The number of hydrogen-bond acceptors (Lipinski definition) is 0. The van der Waals surface area contributed by atoms with Gasteiger partial charge in [-0.25, -0.2) is 0 Å². The van der Waals surface area contributed by atoms with E-state index in [1.807, 2.05) is 0 Å². The minimum absolute atomic E-state index is 0. The Labute approximate surface area is 255 Å². The zero-order valence-corrected chi connectivity index (χ0v) is 23.4. The molecule has 4 aromatic rings.